The van der Waals surface area contributed by atoms with Crippen LogP contribution in [0.25, 0.3) is 0 Å². The summed E-state index contributed by atoms with van der Waals surface area (Å²) in [7, 11) is 0. The predicted molar refractivity (Wildman–Crippen MR) is 62.6 cm³/mol. The zero-order valence-corrected chi connectivity index (χ0v) is 13.2. The van der Waals surface area contributed by atoms with E-state index in [-0.39, 0.29) is 48.1 Å². The molecule has 8 nitrogen and oxygen atoms in total. The number of nitrogens with one attached hydrogen (secondary N) is 1. The van der Waals surface area contributed by atoms with Crippen molar-refractivity contribution in [2.45, 2.75) is 12.5 Å². The molecular weight excluding hydrogens is 277 g/mol. The van der Waals surface area contributed by atoms with Gasteiger partial charge in [0.15, 0.2) is 0 Å². The summed E-state index contributed by atoms with van der Waals surface area (Å²) in [5, 5.41) is 19.6. The summed E-state index contributed by atoms with van der Waals surface area (Å²) in [4.78, 5) is 30.2. The maximum Gasteiger partial charge on any atom is 1.00 e. The molecule has 1 aliphatic rings. The second-order valence-corrected chi connectivity index (χ2v) is 4.22. The second kappa shape index (κ2) is 7.75. The molecule has 104 valence electrons. The van der Waals surface area contributed by atoms with E-state index >= 15 is 0 Å². The normalized spacial score (nSPS) is 18.4. The zero-order valence-electron chi connectivity index (χ0n) is 11.2. The van der Waals surface area contributed by atoms with Crippen LogP contribution in [0.1, 0.15) is 5.82 Å². The standard InChI is InChI=1S/C11H15N3O5.Na/c15-6-7-5-14(1-2-19-7)9-4-10(16)13-8(12-9)3-11(17)18;/h4,7,15H,1-3,5-6H2,(H,17,18)(H,12,13,16);/q;+1/p-1. The first kappa shape index (κ1) is 17.1. The Labute approximate surface area is 137 Å². The number of aliphatic carboxylic acids is 1. The number of hydrogen-bond donors (Lipinski definition) is 2. The second-order valence-electron chi connectivity index (χ2n) is 4.22. The quantitative estimate of drug-likeness (QED) is 0.531. The molecule has 0 aromatic carbocycles. The van der Waals surface area contributed by atoms with Gasteiger partial charge in [-0.3, -0.25) is 4.79 Å². The number of carboxylic acid groups (broad SMARTS) is 1. The first-order chi connectivity index (χ1) is 9.08. The van der Waals surface area contributed by atoms with E-state index in [0.29, 0.717) is 25.5 Å². The van der Waals surface area contributed by atoms with Gasteiger partial charge in [-0.1, -0.05) is 0 Å². The molecule has 1 atom stereocenters. The van der Waals surface area contributed by atoms with Crippen molar-refractivity contribution < 1.29 is 49.3 Å². The van der Waals surface area contributed by atoms with Gasteiger partial charge in [0.1, 0.15) is 11.6 Å². The van der Waals surface area contributed by atoms with E-state index in [1.165, 1.54) is 6.07 Å². The van der Waals surface area contributed by atoms with Crippen LogP contribution >= 0.6 is 0 Å². The van der Waals surface area contributed by atoms with Gasteiger partial charge in [0.25, 0.3) is 5.56 Å². The topological polar surface area (TPSA) is 119 Å². The van der Waals surface area contributed by atoms with Crippen molar-refractivity contribution in [2.24, 2.45) is 0 Å². The van der Waals surface area contributed by atoms with E-state index in [1.54, 1.807) is 4.90 Å². The fourth-order valence-electron chi connectivity index (χ4n) is 1.91. The predicted octanol–water partition coefficient (Wildman–Crippen LogP) is -5.74. The Bertz CT molecular complexity index is 521. The molecular formula is C11H14N3NaO5. The Morgan fingerprint density at radius 1 is 1.65 bits per heavy atom. The molecule has 1 aromatic rings. The SMILES string of the molecule is O=C([O-])Cc1nc(N2CCOC(CO)C2)cc(=O)[nH]1.[Na+]. The molecule has 1 aliphatic heterocycles. The molecule has 2 rings (SSSR count). The van der Waals surface area contributed by atoms with Crippen LogP contribution in [0, 0.1) is 0 Å². The number of morpholine rings is 1. The molecule has 2 N–H and O–H groups in total. The smallest absolute Gasteiger partial charge is 0.550 e. The van der Waals surface area contributed by atoms with Crippen LogP contribution in [0.2, 0.25) is 0 Å². The summed E-state index contributed by atoms with van der Waals surface area (Å²) in [6.45, 7) is 1.22. The maximum absolute atomic E-state index is 11.5. The Morgan fingerprint density at radius 3 is 3.05 bits per heavy atom. The van der Waals surface area contributed by atoms with Gasteiger partial charge in [-0.05, 0) is 0 Å². The summed E-state index contributed by atoms with van der Waals surface area (Å²) in [5.41, 5.74) is -0.423. The van der Waals surface area contributed by atoms with Crippen molar-refractivity contribution in [2.75, 3.05) is 31.2 Å². The largest absolute Gasteiger partial charge is 1.00 e. The third-order valence-electron chi connectivity index (χ3n) is 2.76. The number of carbonyl (C=O) groups excluding carboxylic acids is 1. The van der Waals surface area contributed by atoms with E-state index in [9.17, 15) is 14.7 Å². The Hall–Kier alpha value is -0.930. The molecule has 20 heavy (non-hydrogen) atoms. The monoisotopic (exact) mass is 291 g/mol. The summed E-state index contributed by atoms with van der Waals surface area (Å²) >= 11 is 0. The number of rotatable bonds is 4. The Balaban J connectivity index is 0.00000200. The molecule has 0 saturated carbocycles. The number of H-pyrrole nitrogens is 1. The Kier molecular flexibility index (Phi) is 6.63. The van der Waals surface area contributed by atoms with E-state index in [1.807, 2.05) is 0 Å². The number of carboxylic acids is 1. The van der Waals surface area contributed by atoms with Gasteiger partial charge in [-0.25, -0.2) is 4.98 Å². The number of anilines is 1. The molecule has 1 saturated heterocycles. The molecule has 9 heteroatoms. The van der Waals surface area contributed by atoms with Gasteiger partial charge < -0.3 is 29.6 Å². The van der Waals surface area contributed by atoms with Crippen LogP contribution in [0.4, 0.5) is 5.82 Å². The molecule has 0 spiro atoms. The van der Waals surface area contributed by atoms with Crippen LogP contribution in [-0.2, 0) is 16.0 Å². The molecule has 1 aromatic heterocycles. The van der Waals surface area contributed by atoms with Crippen molar-refractivity contribution in [1.82, 2.24) is 9.97 Å². The van der Waals surface area contributed by atoms with Crippen LogP contribution in [0.3, 0.4) is 0 Å². The molecule has 0 radical (unpaired) electrons. The number of carbonyl (C=O) groups is 1. The molecule has 1 fully saturated rings. The average molecular weight is 291 g/mol. The maximum atomic E-state index is 11.5. The summed E-state index contributed by atoms with van der Waals surface area (Å²) < 4.78 is 5.29. The van der Waals surface area contributed by atoms with Crippen molar-refractivity contribution in [3.8, 4) is 0 Å². The van der Waals surface area contributed by atoms with Gasteiger partial charge in [-0.15, -0.1) is 0 Å². The van der Waals surface area contributed by atoms with Crippen LogP contribution in [0.15, 0.2) is 10.9 Å². The van der Waals surface area contributed by atoms with Crippen LogP contribution in [0.5, 0.6) is 0 Å². The fourth-order valence-corrected chi connectivity index (χ4v) is 1.91. The van der Waals surface area contributed by atoms with E-state index in [0.717, 1.165) is 0 Å². The minimum atomic E-state index is -1.31. The molecule has 0 amide bonds. The average Bonchev–Trinajstić information content (AvgIpc) is 2.37. The molecule has 0 bridgehead atoms. The van der Waals surface area contributed by atoms with E-state index < -0.39 is 17.9 Å². The molecule has 2 heterocycles. The number of aromatic nitrogens is 2. The number of aromatic amines is 1. The van der Waals surface area contributed by atoms with E-state index in [4.69, 9.17) is 9.84 Å². The number of nitrogens with zero attached hydrogens (tertiary/aromatic N) is 2. The van der Waals surface area contributed by atoms with Crippen molar-refractivity contribution in [3.63, 3.8) is 0 Å². The number of hydrogen-bond acceptors (Lipinski definition) is 7. The van der Waals surface area contributed by atoms with E-state index in [2.05, 4.69) is 9.97 Å². The summed E-state index contributed by atoms with van der Waals surface area (Å²) in [5.74, 6) is -0.883. The first-order valence-corrected chi connectivity index (χ1v) is 5.86. The number of ether oxygens (including phenoxy) is 1. The third-order valence-corrected chi connectivity index (χ3v) is 2.76. The van der Waals surface area contributed by atoms with Gasteiger partial charge in [0.05, 0.1) is 19.3 Å². The number of aliphatic hydroxyl groups is 1. The third kappa shape index (κ3) is 4.57. The Morgan fingerprint density at radius 2 is 2.40 bits per heavy atom. The fraction of sp³-hybridized carbons (Fsp3) is 0.545. The van der Waals surface area contributed by atoms with Crippen LogP contribution in [-0.4, -0.2) is 53.5 Å². The number of aliphatic hydroxyl groups excluding tert-OH is 1. The van der Waals surface area contributed by atoms with Gasteiger partial charge >= 0.3 is 29.6 Å². The van der Waals surface area contributed by atoms with Crippen molar-refractivity contribution in [1.29, 1.82) is 0 Å². The molecule has 0 aliphatic carbocycles. The summed E-state index contributed by atoms with van der Waals surface area (Å²) in [6, 6.07) is 1.29. The van der Waals surface area contributed by atoms with Gasteiger partial charge in [0.2, 0.25) is 0 Å². The summed E-state index contributed by atoms with van der Waals surface area (Å²) in [6.07, 6.45) is -0.781. The minimum absolute atomic E-state index is 0. The van der Waals surface area contributed by atoms with Gasteiger partial charge in [0, 0.05) is 31.5 Å². The van der Waals surface area contributed by atoms with Crippen molar-refractivity contribution >= 4 is 11.8 Å². The molecule has 1 unspecified atom stereocenters. The van der Waals surface area contributed by atoms with Crippen molar-refractivity contribution in [3.05, 3.63) is 22.2 Å². The van der Waals surface area contributed by atoms with Crippen LogP contribution < -0.4 is 45.1 Å². The minimum Gasteiger partial charge on any atom is -0.550 e. The van der Waals surface area contributed by atoms with Gasteiger partial charge in [-0.2, -0.15) is 0 Å². The zero-order chi connectivity index (χ0) is 13.8. The first-order valence-electron chi connectivity index (χ1n) is 5.86.